The molecule has 0 aliphatic carbocycles. The van der Waals surface area contributed by atoms with Gasteiger partial charge in [-0.05, 0) is 38.1 Å². The van der Waals surface area contributed by atoms with Gasteiger partial charge in [0.15, 0.2) is 53.1 Å². The van der Waals surface area contributed by atoms with Crippen molar-refractivity contribution in [3.63, 3.8) is 0 Å². The third kappa shape index (κ3) is 14.9. The number of imidazole rings is 4. The van der Waals surface area contributed by atoms with Gasteiger partial charge in [0.2, 0.25) is 0 Å². The van der Waals surface area contributed by atoms with Crippen molar-refractivity contribution in [3.05, 3.63) is 237 Å². The lowest BCUT2D eigenvalue weighted by atomic mass is 10.0. The summed E-state index contributed by atoms with van der Waals surface area (Å²) >= 11 is 0. The fourth-order valence-corrected chi connectivity index (χ4v) is 16.2. The van der Waals surface area contributed by atoms with Crippen molar-refractivity contribution in [1.29, 1.82) is 0 Å². The second-order valence-corrected chi connectivity index (χ2v) is 29.8. The quantitative estimate of drug-likeness (QED) is 0.0679. The molecule has 0 aliphatic rings. The molecule has 0 unspecified atom stereocenters. The Morgan fingerprint density at radius 3 is 0.970 bits per heavy atom. The molecule has 4 aromatic carbocycles. The lowest BCUT2D eigenvalue weighted by Gasteiger charge is -2.13. The van der Waals surface area contributed by atoms with Crippen LogP contribution in [0.2, 0.25) is 0 Å². The SMILES string of the molecule is CCn1cc(-c2cc3c(cc2OC)ncc2c3n(-c3c(F)cncc3OC)c(=O)n2C)c(C)n1.COc1cc2ncc3c(c2cc1-c1cnn(C(F)F)c1)n(-c1c(F)cncc1OC)c(=O)n3C.COc1cc2ncc3c(c2cc1-c1cnn(CF)c1)n(-c1c(F)cncc1OC)c(=O)n3C.[2H]C([2H])([2H])Oc1cncc(F)c1-n1c(=O)n(C)c2cnc3cc(OC)c(-c4cnn(C)c4)cc3c21. The van der Waals surface area contributed by atoms with Crippen LogP contribution in [0.15, 0.2) is 185 Å². The highest BCUT2D eigenvalue weighted by molar-refractivity contribution is 6.10. The summed E-state index contributed by atoms with van der Waals surface area (Å²) in [6, 6.07) is 14.0. The second-order valence-electron chi connectivity index (χ2n) is 29.8. The molecule has 0 fully saturated rings. The summed E-state index contributed by atoms with van der Waals surface area (Å²) < 4.78 is 180. The highest BCUT2D eigenvalue weighted by Gasteiger charge is 2.31. The monoisotopic (exact) mass is 1820 g/mol. The Hall–Kier alpha value is -17.1. The van der Waals surface area contributed by atoms with Crippen molar-refractivity contribution in [3.8, 4) is 113 Å². The van der Waals surface area contributed by atoms with E-state index in [0.717, 1.165) is 69.2 Å². The molecule has 678 valence electrons. The Morgan fingerprint density at radius 2 is 0.677 bits per heavy atom. The van der Waals surface area contributed by atoms with Gasteiger partial charge in [0.05, 0.1) is 226 Å². The molecule has 0 saturated heterocycles. The predicted octanol–water partition coefficient (Wildman–Crippen LogP) is 13.4. The molecule has 16 aromatic heterocycles. The highest BCUT2D eigenvalue weighted by Crippen LogP contribution is 2.44. The number of ether oxygens (including phenoxy) is 8. The number of alkyl halides is 3. The van der Waals surface area contributed by atoms with E-state index in [1.54, 1.807) is 100 Å². The third-order valence-corrected chi connectivity index (χ3v) is 22.6. The summed E-state index contributed by atoms with van der Waals surface area (Å²) in [5, 5.41) is 18.6. The van der Waals surface area contributed by atoms with Gasteiger partial charge in [-0.25, -0.2) is 50.5 Å². The number of hydrogen-bond donors (Lipinski definition) is 0. The normalized spacial score (nSPS) is 11.9. The zero-order valence-electron chi connectivity index (χ0n) is 75.9. The number of aromatic nitrogens is 24. The van der Waals surface area contributed by atoms with Gasteiger partial charge < -0.3 is 37.9 Å². The number of aryl methyl sites for hydroxylation is 7. The zero-order valence-corrected chi connectivity index (χ0v) is 72.9. The van der Waals surface area contributed by atoms with Gasteiger partial charge in [-0.1, -0.05) is 0 Å². The van der Waals surface area contributed by atoms with Crippen LogP contribution in [0, 0.1) is 30.2 Å². The first-order valence-corrected chi connectivity index (χ1v) is 40.0. The smallest absolute Gasteiger partial charge is 0.333 e. The van der Waals surface area contributed by atoms with E-state index in [1.165, 1.54) is 138 Å². The number of pyridine rings is 8. The van der Waals surface area contributed by atoms with Crippen LogP contribution in [-0.4, -0.2) is 172 Å². The molecule has 36 nitrogen and oxygen atoms in total. The fraction of sp³-hybridized carbons (Fsp3) is 0.200. The summed E-state index contributed by atoms with van der Waals surface area (Å²) in [4.78, 5) is 86.3. The number of nitrogens with zero attached hydrogens (tertiary/aromatic N) is 24. The van der Waals surface area contributed by atoms with Crippen LogP contribution in [0.4, 0.5) is 30.7 Å². The van der Waals surface area contributed by atoms with E-state index in [0.29, 0.717) is 143 Å². The van der Waals surface area contributed by atoms with Crippen molar-refractivity contribution in [2.24, 2.45) is 35.2 Å². The molecule has 20 aromatic rings. The summed E-state index contributed by atoms with van der Waals surface area (Å²) in [6.45, 7) is 1.08. The van der Waals surface area contributed by atoms with Crippen molar-refractivity contribution in [1.82, 2.24) is 116 Å². The minimum absolute atomic E-state index is 0.00653. The Labute approximate surface area is 749 Å². The van der Waals surface area contributed by atoms with Crippen molar-refractivity contribution >= 4 is 87.7 Å². The molecule has 0 bridgehead atoms. The van der Waals surface area contributed by atoms with Gasteiger partial charge in [-0.3, -0.25) is 85.8 Å². The third-order valence-electron chi connectivity index (χ3n) is 22.6. The number of benzene rings is 4. The van der Waals surface area contributed by atoms with Gasteiger partial charge in [-0.15, -0.1) is 0 Å². The Kier molecular flexibility index (Phi) is 22.3. The van der Waals surface area contributed by atoms with Crippen molar-refractivity contribution in [2.75, 3.05) is 56.8 Å². The molecule has 0 radical (unpaired) electrons. The number of hydrogen-bond acceptors (Lipinski definition) is 24. The molecule has 16 heterocycles. The molecule has 0 amide bonds. The molecule has 20 rings (SSSR count). The Morgan fingerprint density at radius 1 is 0.361 bits per heavy atom. The molecular formula is C90H77F7N24O12. The molecule has 0 N–H and O–H groups in total. The van der Waals surface area contributed by atoms with E-state index in [4.69, 9.17) is 42.0 Å². The van der Waals surface area contributed by atoms with Gasteiger partial charge in [0, 0.05) is 157 Å². The van der Waals surface area contributed by atoms with E-state index in [1.807, 2.05) is 36.9 Å². The van der Waals surface area contributed by atoms with Crippen molar-refractivity contribution in [2.45, 2.75) is 33.7 Å². The first-order chi connectivity index (χ1) is 65.3. The van der Waals surface area contributed by atoms with E-state index in [2.05, 4.69) is 60.3 Å². The van der Waals surface area contributed by atoms with E-state index < -0.39 is 72.2 Å². The standard InChI is InChI=1S/C24H23FN6O3.C22H17F3N6O3.C22H18F2N6O3.C22H19FN6O3/c1-6-30-12-16(13(2)28-30)14-7-15-18(8-20(14)33-4)27-10-19-22(15)31(24(32)29(19)3)23-17(25)9-26-11-21(23)34-5;1-29-16-8-27-15-5-17(33-2)12(11-6-28-30(10-11)21(24)25)4-13(15)19(16)31(22(29)32)20-14(23)7-26-9-18(20)34-3;1-28-17-8-26-16-5-18(32-2)13(12-6-27-29(10-12)11-23)4-14(16)20(17)30(22(28)31)21-15(24)7-25-9-19(21)33-3;1-27-11-12(7-26-27)13-5-14-16(6-18(13)31-3)25-9-17-20(14)29(22(30)28(17)2)21-15(23)8-24-10-19(21)32-4/h7-12H,6H2,1-5H3;4-10,21H,1-3H3;4-10H,11H2,1-3H3;5-11H,1-4H3/i;;;4D3. The molecule has 133 heavy (non-hydrogen) atoms. The Balaban J connectivity index is 0.000000126. The first kappa shape index (κ1) is 84.1. The highest BCUT2D eigenvalue weighted by atomic mass is 19.3. The predicted molar refractivity (Wildman–Crippen MR) is 477 cm³/mol. The average Bonchev–Trinajstić information content (AvgIpc) is 1.58. The van der Waals surface area contributed by atoms with Crippen LogP contribution in [0.1, 0.15) is 23.3 Å². The van der Waals surface area contributed by atoms with Crippen LogP contribution >= 0.6 is 0 Å². The number of rotatable bonds is 19. The molecule has 0 spiro atoms. The topological polar surface area (TPSA) is 356 Å². The summed E-state index contributed by atoms with van der Waals surface area (Å²) in [5.41, 5.74) is 8.94. The maximum atomic E-state index is 15.2. The van der Waals surface area contributed by atoms with Crippen LogP contribution in [0.5, 0.6) is 46.0 Å². The van der Waals surface area contributed by atoms with E-state index in [-0.39, 0.29) is 40.0 Å². The molecule has 43 heteroatoms. The van der Waals surface area contributed by atoms with Crippen LogP contribution in [0.3, 0.4) is 0 Å². The molecule has 0 aliphatic heterocycles. The fourth-order valence-electron chi connectivity index (χ4n) is 16.2. The van der Waals surface area contributed by atoms with Gasteiger partial charge in [0.1, 0.15) is 45.7 Å². The summed E-state index contributed by atoms with van der Waals surface area (Å²) in [7, 11) is 15.4. The van der Waals surface area contributed by atoms with Crippen molar-refractivity contribution < 1.29 is 72.7 Å². The molecular weight excluding hydrogens is 1740 g/mol. The first-order valence-electron chi connectivity index (χ1n) is 41.5. The Bertz CT molecular complexity index is 8460. The number of fused-ring (bicyclic) bond motifs is 12. The van der Waals surface area contributed by atoms with Gasteiger partial charge >= 0.3 is 29.3 Å². The maximum Gasteiger partial charge on any atom is 0.333 e. The maximum absolute atomic E-state index is 15.2. The van der Waals surface area contributed by atoms with Gasteiger partial charge in [-0.2, -0.15) is 29.2 Å². The molecule has 0 saturated carbocycles. The zero-order chi connectivity index (χ0) is 96.6. The summed E-state index contributed by atoms with van der Waals surface area (Å²) in [6.07, 6.45) is 26.1. The van der Waals surface area contributed by atoms with Gasteiger partial charge in [0.25, 0.3) is 0 Å². The van der Waals surface area contributed by atoms with E-state index >= 15 is 8.78 Å². The summed E-state index contributed by atoms with van der Waals surface area (Å²) in [5.74, 6) is -1.15. The van der Waals surface area contributed by atoms with Crippen LogP contribution in [0.25, 0.3) is 155 Å². The van der Waals surface area contributed by atoms with E-state index in [9.17, 15) is 41.1 Å². The van der Waals surface area contributed by atoms with Crippen LogP contribution in [-0.2, 0) is 48.6 Å². The lowest BCUT2D eigenvalue weighted by Crippen LogP contribution is -2.22. The minimum atomic E-state index is -2.89. The second kappa shape index (κ2) is 35.2. The molecule has 0 atom stereocenters. The van der Waals surface area contributed by atoms with Crippen LogP contribution < -0.4 is 60.7 Å². The minimum Gasteiger partial charge on any atom is -0.496 e. The largest absolute Gasteiger partial charge is 0.496 e. The average molecular weight is 1820 g/mol. The number of methoxy groups -OCH3 is 8. The lowest BCUT2D eigenvalue weighted by molar-refractivity contribution is 0.0566. The number of halogens is 7.